The van der Waals surface area contributed by atoms with Crippen molar-refractivity contribution in [3.05, 3.63) is 38.8 Å². The number of nitrogens with zero attached hydrogens (tertiary/aromatic N) is 2. The van der Waals surface area contributed by atoms with Crippen molar-refractivity contribution in [3.63, 3.8) is 0 Å². The molecule has 0 N–H and O–H groups in total. The number of rotatable bonds is 0. The van der Waals surface area contributed by atoms with Crippen LogP contribution in [0.25, 0.3) is 21.8 Å². The molecule has 3 aromatic rings. The minimum atomic E-state index is 0.992. The molecule has 3 rings (SSSR count). The average Bonchev–Trinajstić information content (AvgIpc) is 2.36. The second-order valence-corrected chi connectivity index (χ2v) is 8.38. The maximum Gasteiger partial charge on any atom is 0.0976 e. The van der Waals surface area contributed by atoms with Gasteiger partial charge in [-0.1, -0.05) is 0 Å². The second-order valence-electron chi connectivity index (χ2n) is 3.73. The summed E-state index contributed by atoms with van der Waals surface area (Å²) in [5.74, 6) is 0. The van der Waals surface area contributed by atoms with E-state index in [0.29, 0.717) is 0 Å². The van der Waals surface area contributed by atoms with Crippen molar-refractivity contribution in [1.29, 1.82) is 0 Å². The molecule has 0 radical (unpaired) electrons. The lowest BCUT2D eigenvalue weighted by molar-refractivity contribution is 1.34. The summed E-state index contributed by atoms with van der Waals surface area (Å²) in [7, 11) is 0. The number of halogens is 4. The molecule has 0 saturated carbocycles. The topological polar surface area (TPSA) is 25.8 Å². The predicted molar refractivity (Wildman–Crippen MR) is 108 cm³/mol. The first-order valence-electron chi connectivity index (χ1n) is 4.95. The van der Waals surface area contributed by atoms with Gasteiger partial charge in [-0.3, -0.25) is 9.97 Å². The third kappa shape index (κ3) is 2.34. The van der Waals surface area contributed by atoms with E-state index in [2.05, 4.69) is 112 Å². The van der Waals surface area contributed by atoms with Gasteiger partial charge in [0.2, 0.25) is 0 Å². The van der Waals surface area contributed by atoms with E-state index in [4.69, 9.17) is 0 Å². The van der Waals surface area contributed by atoms with Gasteiger partial charge < -0.3 is 0 Å². The van der Waals surface area contributed by atoms with Gasteiger partial charge in [-0.05, 0) is 102 Å². The summed E-state index contributed by atoms with van der Waals surface area (Å²) in [6.45, 7) is 0. The van der Waals surface area contributed by atoms with E-state index < -0.39 is 0 Å². The molecule has 0 saturated heterocycles. The molecule has 0 aliphatic carbocycles. The van der Waals surface area contributed by atoms with Crippen molar-refractivity contribution in [2.45, 2.75) is 0 Å². The predicted octanol–water partition coefficient (Wildman–Crippen LogP) is 5.20. The van der Waals surface area contributed by atoms with Crippen LogP contribution in [0.2, 0.25) is 0 Å². The third-order valence-electron chi connectivity index (χ3n) is 2.60. The van der Waals surface area contributed by atoms with Gasteiger partial charge in [0.25, 0.3) is 0 Å². The Balaban J connectivity index is 2.62. The molecule has 1 aromatic carbocycles. The molecule has 18 heavy (non-hydrogen) atoms. The average molecular weight is 684 g/mol. The van der Waals surface area contributed by atoms with Gasteiger partial charge in [-0.25, -0.2) is 0 Å². The molecule has 0 amide bonds. The van der Waals surface area contributed by atoms with E-state index >= 15 is 0 Å². The Hall–Kier alpha value is 0.960. The van der Waals surface area contributed by atoms with Crippen LogP contribution in [-0.4, -0.2) is 9.97 Å². The van der Waals surface area contributed by atoms with Crippen molar-refractivity contribution < 1.29 is 0 Å². The van der Waals surface area contributed by atoms with Crippen LogP contribution in [0.5, 0.6) is 0 Å². The maximum absolute atomic E-state index is 4.56. The molecule has 0 aliphatic heterocycles. The zero-order valence-corrected chi connectivity index (χ0v) is 17.3. The largest absolute Gasteiger partial charge is 0.253 e. The van der Waals surface area contributed by atoms with E-state index in [1.807, 2.05) is 12.4 Å². The molecule has 0 fully saturated rings. The Labute approximate surface area is 158 Å². The SMILES string of the molecule is Ic1cnc2c(c1)c(I)c(I)c1cc(I)cnc12. The summed E-state index contributed by atoms with van der Waals surface area (Å²) in [4.78, 5) is 9.12. The van der Waals surface area contributed by atoms with E-state index in [9.17, 15) is 0 Å². The van der Waals surface area contributed by atoms with Gasteiger partial charge in [0.05, 0.1) is 11.0 Å². The number of hydrogen-bond donors (Lipinski definition) is 0. The summed E-state index contributed by atoms with van der Waals surface area (Å²) in [6.07, 6.45) is 3.79. The molecule has 2 aromatic heterocycles. The van der Waals surface area contributed by atoms with Gasteiger partial charge in [-0.2, -0.15) is 0 Å². The smallest absolute Gasteiger partial charge is 0.0976 e. The molecule has 0 atom stereocenters. The highest BCUT2D eigenvalue weighted by Gasteiger charge is 2.13. The van der Waals surface area contributed by atoms with Crippen LogP contribution in [-0.2, 0) is 0 Å². The lowest BCUT2D eigenvalue weighted by atomic mass is 10.1. The molecule has 2 nitrogen and oxygen atoms in total. The number of pyridine rings is 2. The van der Waals surface area contributed by atoms with Crippen LogP contribution in [0.1, 0.15) is 0 Å². The van der Waals surface area contributed by atoms with Crippen LogP contribution in [0.15, 0.2) is 24.5 Å². The number of hydrogen-bond acceptors (Lipinski definition) is 2. The second kappa shape index (κ2) is 5.39. The number of aromatic nitrogens is 2. The molecule has 6 heteroatoms. The van der Waals surface area contributed by atoms with Gasteiger partial charge in [0, 0.05) is 37.4 Å². The van der Waals surface area contributed by atoms with Crippen LogP contribution in [0.4, 0.5) is 0 Å². The van der Waals surface area contributed by atoms with E-state index in [1.165, 1.54) is 17.9 Å². The van der Waals surface area contributed by atoms with Crippen molar-refractivity contribution in [2.75, 3.05) is 0 Å². The zero-order chi connectivity index (χ0) is 12.9. The minimum Gasteiger partial charge on any atom is -0.253 e. The Kier molecular flexibility index (Phi) is 4.17. The molecule has 0 spiro atoms. The standard InChI is InChI=1S/C12H4I4N2/c13-5-1-7-9(15)10(16)8-2-6(14)4-18-12(8)11(7)17-3-5/h1-4H. The third-order valence-corrected chi connectivity index (χ3v) is 7.05. The minimum absolute atomic E-state index is 0.992. The molecule has 0 unspecified atom stereocenters. The van der Waals surface area contributed by atoms with Crippen LogP contribution in [0.3, 0.4) is 0 Å². The van der Waals surface area contributed by atoms with Crippen LogP contribution < -0.4 is 0 Å². The van der Waals surface area contributed by atoms with Gasteiger partial charge >= 0.3 is 0 Å². The van der Waals surface area contributed by atoms with Crippen molar-refractivity contribution in [3.8, 4) is 0 Å². The van der Waals surface area contributed by atoms with Crippen LogP contribution in [0, 0.1) is 14.3 Å². The van der Waals surface area contributed by atoms with E-state index in [0.717, 1.165) is 18.2 Å². The highest BCUT2D eigenvalue weighted by Crippen LogP contribution is 2.33. The zero-order valence-electron chi connectivity index (χ0n) is 8.72. The Bertz CT molecular complexity index is 719. The first-order chi connectivity index (χ1) is 8.58. The lowest BCUT2D eigenvalue weighted by Gasteiger charge is -2.09. The van der Waals surface area contributed by atoms with Crippen molar-refractivity contribution in [2.24, 2.45) is 0 Å². The van der Waals surface area contributed by atoms with Crippen molar-refractivity contribution >= 4 is 112 Å². The molecule has 2 heterocycles. The highest BCUT2D eigenvalue weighted by atomic mass is 127. The quantitative estimate of drug-likeness (QED) is 0.241. The van der Waals surface area contributed by atoms with Gasteiger partial charge in [0.15, 0.2) is 0 Å². The highest BCUT2D eigenvalue weighted by molar-refractivity contribution is 14.1. The maximum atomic E-state index is 4.56. The summed E-state index contributed by atoms with van der Waals surface area (Å²) >= 11 is 9.39. The molecule has 0 aliphatic rings. The van der Waals surface area contributed by atoms with E-state index in [1.54, 1.807) is 0 Å². The normalized spacial score (nSPS) is 11.3. The van der Waals surface area contributed by atoms with E-state index in [-0.39, 0.29) is 0 Å². The van der Waals surface area contributed by atoms with Gasteiger partial charge in [-0.15, -0.1) is 0 Å². The Morgan fingerprint density at radius 3 is 1.44 bits per heavy atom. The number of fused-ring (bicyclic) bond motifs is 3. The van der Waals surface area contributed by atoms with Crippen molar-refractivity contribution in [1.82, 2.24) is 9.97 Å². The lowest BCUT2D eigenvalue weighted by Crippen LogP contribution is -1.94. The summed E-state index contributed by atoms with van der Waals surface area (Å²) in [5.41, 5.74) is 1.98. The molecular weight excluding hydrogens is 680 g/mol. The molecule has 0 bridgehead atoms. The van der Waals surface area contributed by atoms with Crippen LogP contribution >= 0.6 is 90.4 Å². The Morgan fingerprint density at radius 2 is 1.06 bits per heavy atom. The first-order valence-corrected chi connectivity index (χ1v) is 9.27. The monoisotopic (exact) mass is 684 g/mol. The van der Waals surface area contributed by atoms with Gasteiger partial charge in [0.1, 0.15) is 0 Å². The Morgan fingerprint density at radius 1 is 0.667 bits per heavy atom. The molecular formula is C12H4I4N2. The summed E-state index contributed by atoms with van der Waals surface area (Å²) in [5, 5.41) is 2.38. The summed E-state index contributed by atoms with van der Waals surface area (Å²) in [6, 6.07) is 4.35. The number of benzene rings is 1. The summed E-state index contributed by atoms with van der Waals surface area (Å²) < 4.78 is 4.81. The first kappa shape index (κ1) is 13.9. The fraction of sp³-hybridized carbons (Fsp3) is 0. The fourth-order valence-corrected chi connectivity index (χ4v) is 4.13. The fourth-order valence-electron chi connectivity index (χ4n) is 1.83. The molecule has 90 valence electrons.